The Morgan fingerprint density at radius 2 is 2.00 bits per heavy atom. The van der Waals surface area contributed by atoms with Crippen molar-refractivity contribution < 1.29 is 13.2 Å². The van der Waals surface area contributed by atoms with Gasteiger partial charge in [-0.05, 0) is 18.6 Å². The van der Waals surface area contributed by atoms with E-state index in [0.29, 0.717) is 6.54 Å². The largest absolute Gasteiger partial charge is 0.389 e. The van der Waals surface area contributed by atoms with Gasteiger partial charge in [0, 0.05) is 19.0 Å². The molecule has 0 aliphatic heterocycles. The van der Waals surface area contributed by atoms with Gasteiger partial charge in [0.25, 0.3) is 0 Å². The van der Waals surface area contributed by atoms with Crippen molar-refractivity contribution in [2.75, 3.05) is 0 Å². The van der Waals surface area contributed by atoms with Crippen LogP contribution in [0.5, 0.6) is 0 Å². The predicted octanol–water partition coefficient (Wildman–Crippen LogP) is 2.71. The van der Waals surface area contributed by atoms with Crippen molar-refractivity contribution >= 4 is 11.0 Å². The van der Waals surface area contributed by atoms with Crippen LogP contribution in [0.2, 0.25) is 0 Å². The van der Waals surface area contributed by atoms with Crippen LogP contribution in [0, 0.1) is 0 Å². The van der Waals surface area contributed by atoms with Crippen LogP contribution < -0.4 is 5.73 Å². The third-order valence-electron chi connectivity index (χ3n) is 2.76. The molecule has 0 aliphatic rings. The summed E-state index contributed by atoms with van der Waals surface area (Å²) in [7, 11) is 0. The van der Waals surface area contributed by atoms with Crippen molar-refractivity contribution in [2.24, 2.45) is 5.73 Å². The highest BCUT2D eigenvalue weighted by atomic mass is 19.4. The molecule has 0 spiro atoms. The minimum Gasteiger partial charge on any atom is -0.329 e. The molecule has 0 amide bonds. The number of alkyl halides is 3. The lowest BCUT2D eigenvalue weighted by Crippen LogP contribution is -2.27. The van der Waals surface area contributed by atoms with Gasteiger partial charge >= 0.3 is 6.18 Å². The molecule has 1 heterocycles. The number of hydrogen-bond donors (Lipinski definition) is 1. The fourth-order valence-electron chi connectivity index (χ4n) is 1.85. The van der Waals surface area contributed by atoms with Crippen molar-refractivity contribution in [1.29, 1.82) is 0 Å². The van der Waals surface area contributed by atoms with Gasteiger partial charge in [-0.3, -0.25) is 0 Å². The third kappa shape index (κ3) is 3.22. The summed E-state index contributed by atoms with van der Waals surface area (Å²) >= 11 is 0. The lowest BCUT2D eigenvalue weighted by Gasteiger charge is -2.14. The standard InChI is InChI=1S/C12H14F3N3/c13-12(14,15)6-5-9(16)7-18-8-17-10-3-1-2-4-11(10)18/h1-4,8-9H,5-7,16H2. The first-order valence-electron chi connectivity index (χ1n) is 5.68. The van der Waals surface area contributed by atoms with E-state index in [0.717, 1.165) is 11.0 Å². The van der Waals surface area contributed by atoms with Crippen molar-refractivity contribution in [3.63, 3.8) is 0 Å². The van der Waals surface area contributed by atoms with Gasteiger partial charge in [-0.25, -0.2) is 4.98 Å². The minimum absolute atomic E-state index is 0.0734. The van der Waals surface area contributed by atoms with Gasteiger partial charge in [-0.15, -0.1) is 0 Å². The maximum Gasteiger partial charge on any atom is 0.389 e. The Kier molecular flexibility index (Phi) is 3.56. The molecular weight excluding hydrogens is 243 g/mol. The summed E-state index contributed by atoms with van der Waals surface area (Å²) in [5.74, 6) is 0. The van der Waals surface area contributed by atoms with E-state index in [2.05, 4.69) is 4.98 Å². The van der Waals surface area contributed by atoms with Gasteiger partial charge in [0.2, 0.25) is 0 Å². The van der Waals surface area contributed by atoms with E-state index in [1.54, 1.807) is 10.9 Å². The van der Waals surface area contributed by atoms with E-state index in [9.17, 15) is 13.2 Å². The summed E-state index contributed by atoms with van der Waals surface area (Å²) in [6.45, 7) is 0.344. The molecular formula is C12H14F3N3. The van der Waals surface area contributed by atoms with E-state index in [1.807, 2.05) is 24.3 Å². The Morgan fingerprint density at radius 3 is 2.72 bits per heavy atom. The second-order valence-corrected chi connectivity index (χ2v) is 4.30. The Balaban J connectivity index is 2.01. The molecule has 0 saturated carbocycles. The van der Waals surface area contributed by atoms with Crippen molar-refractivity contribution in [3.05, 3.63) is 30.6 Å². The SMILES string of the molecule is NC(CCC(F)(F)F)Cn1cnc2ccccc21. The Hall–Kier alpha value is -1.56. The van der Waals surface area contributed by atoms with E-state index in [4.69, 9.17) is 5.73 Å². The zero-order valence-electron chi connectivity index (χ0n) is 9.69. The van der Waals surface area contributed by atoms with Crippen LogP contribution >= 0.6 is 0 Å². The summed E-state index contributed by atoms with van der Waals surface area (Å²) in [6, 6.07) is 6.93. The number of fused-ring (bicyclic) bond motifs is 1. The number of halogens is 3. The lowest BCUT2D eigenvalue weighted by molar-refractivity contribution is -0.136. The Morgan fingerprint density at radius 1 is 1.28 bits per heavy atom. The fourth-order valence-corrected chi connectivity index (χ4v) is 1.85. The van der Waals surface area contributed by atoms with Gasteiger partial charge in [-0.1, -0.05) is 12.1 Å². The molecule has 1 unspecified atom stereocenters. The number of nitrogens with two attached hydrogens (primary N) is 1. The van der Waals surface area contributed by atoms with E-state index in [-0.39, 0.29) is 6.42 Å². The van der Waals surface area contributed by atoms with Gasteiger partial charge in [-0.2, -0.15) is 13.2 Å². The average molecular weight is 257 g/mol. The Labute approximate surface area is 102 Å². The van der Waals surface area contributed by atoms with Crippen molar-refractivity contribution in [1.82, 2.24) is 9.55 Å². The van der Waals surface area contributed by atoms with Crippen LogP contribution in [-0.4, -0.2) is 21.8 Å². The summed E-state index contributed by atoms with van der Waals surface area (Å²) in [5, 5.41) is 0. The van der Waals surface area contributed by atoms with Gasteiger partial charge < -0.3 is 10.3 Å². The van der Waals surface area contributed by atoms with Crippen molar-refractivity contribution in [2.45, 2.75) is 31.6 Å². The first-order chi connectivity index (χ1) is 8.46. The quantitative estimate of drug-likeness (QED) is 0.915. The molecule has 1 aromatic carbocycles. The first-order valence-corrected chi connectivity index (χ1v) is 5.68. The number of imidazole rings is 1. The second kappa shape index (κ2) is 4.97. The molecule has 98 valence electrons. The number of benzene rings is 1. The Bertz CT molecular complexity index is 519. The van der Waals surface area contributed by atoms with Crippen LogP contribution in [0.3, 0.4) is 0 Å². The summed E-state index contributed by atoms with van der Waals surface area (Å²) in [5.41, 5.74) is 7.42. The molecule has 0 radical (unpaired) electrons. The van der Waals surface area contributed by atoms with Gasteiger partial charge in [0.1, 0.15) is 0 Å². The number of rotatable bonds is 4. The molecule has 6 heteroatoms. The summed E-state index contributed by atoms with van der Waals surface area (Å²) in [6.07, 6.45) is -3.45. The molecule has 0 fully saturated rings. The van der Waals surface area contributed by atoms with Gasteiger partial charge in [0.15, 0.2) is 0 Å². The van der Waals surface area contributed by atoms with E-state index < -0.39 is 18.6 Å². The number of para-hydroxylation sites is 2. The van der Waals surface area contributed by atoms with E-state index in [1.165, 1.54) is 0 Å². The second-order valence-electron chi connectivity index (χ2n) is 4.30. The van der Waals surface area contributed by atoms with Crippen LogP contribution in [0.15, 0.2) is 30.6 Å². The highest BCUT2D eigenvalue weighted by Crippen LogP contribution is 2.22. The summed E-state index contributed by atoms with van der Waals surface area (Å²) in [4.78, 5) is 4.17. The topological polar surface area (TPSA) is 43.8 Å². The third-order valence-corrected chi connectivity index (χ3v) is 2.76. The first kappa shape index (κ1) is 12.9. The highest BCUT2D eigenvalue weighted by Gasteiger charge is 2.27. The molecule has 1 atom stereocenters. The normalized spacial score (nSPS) is 14.0. The zero-order chi connectivity index (χ0) is 13.2. The number of nitrogens with zero attached hydrogens (tertiary/aromatic N) is 2. The molecule has 0 saturated heterocycles. The average Bonchev–Trinajstić information content (AvgIpc) is 2.70. The molecule has 1 aromatic heterocycles. The van der Waals surface area contributed by atoms with Crippen LogP contribution in [-0.2, 0) is 6.54 Å². The number of aromatic nitrogens is 2. The fraction of sp³-hybridized carbons (Fsp3) is 0.417. The molecule has 2 aromatic rings. The van der Waals surface area contributed by atoms with E-state index >= 15 is 0 Å². The predicted molar refractivity (Wildman–Crippen MR) is 63.0 cm³/mol. The molecule has 0 bridgehead atoms. The van der Waals surface area contributed by atoms with Gasteiger partial charge in [0.05, 0.1) is 17.4 Å². The summed E-state index contributed by atoms with van der Waals surface area (Å²) < 4.78 is 38.0. The maximum atomic E-state index is 12.1. The molecule has 2 rings (SSSR count). The highest BCUT2D eigenvalue weighted by molar-refractivity contribution is 5.74. The van der Waals surface area contributed by atoms with Crippen molar-refractivity contribution in [3.8, 4) is 0 Å². The number of hydrogen-bond acceptors (Lipinski definition) is 2. The minimum atomic E-state index is -4.14. The van der Waals surface area contributed by atoms with Crippen LogP contribution in [0.4, 0.5) is 13.2 Å². The lowest BCUT2D eigenvalue weighted by atomic mass is 10.1. The molecule has 3 nitrogen and oxygen atoms in total. The van der Waals surface area contributed by atoms with Crippen LogP contribution in [0.1, 0.15) is 12.8 Å². The smallest absolute Gasteiger partial charge is 0.329 e. The zero-order valence-corrected chi connectivity index (χ0v) is 9.69. The maximum absolute atomic E-state index is 12.1. The molecule has 0 aliphatic carbocycles. The molecule has 18 heavy (non-hydrogen) atoms. The molecule has 2 N–H and O–H groups in total. The van der Waals surface area contributed by atoms with Crippen LogP contribution in [0.25, 0.3) is 11.0 Å². The monoisotopic (exact) mass is 257 g/mol.